The van der Waals surface area contributed by atoms with Crippen LogP contribution in [0.1, 0.15) is 146 Å². The number of ether oxygens (including phenoxy) is 2. The molecule has 4 rings (SSSR count). The van der Waals surface area contributed by atoms with Gasteiger partial charge < -0.3 is 30.3 Å². The van der Waals surface area contributed by atoms with Crippen LogP contribution in [0, 0.1) is 17.1 Å². The number of aliphatic hydroxyl groups is 2. The second-order valence-electron chi connectivity index (χ2n) is 15.2. The number of halogens is 1. The van der Waals surface area contributed by atoms with Gasteiger partial charge in [0.05, 0.1) is 43.3 Å². The van der Waals surface area contributed by atoms with Gasteiger partial charge in [0.1, 0.15) is 41.6 Å². The number of nitrogen functional groups attached to an aromatic ring is 1. The number of phosphoric ester groups is 1. The summed E-state index contributed by atoms with van der Waals surface area (Å²) in [4.78, 5) is 14.7. The van der Waals surface area contributed by atoms with E-state index in [1.807, 2.05) is 6.07 Å². The molecular formula is C41H63FN5O8P. The van der Waals surface area contributed by atoms with E-state index in [-0.39, 0.29) is 30.2 Å². The highest BCUT2D eigenvalue weighted by molar-refractivity contribution is 7.47. The Bertz CT molecular complexity index is 1710. The number of aromatic nitrogens is 3. The van der Waals surface area contributed by atoms with Crippen LogP contribution in [0.2, 0.25) is 0 Å². The summed E-state index contributed by atoms with van der Waals surface area (Å²) in [6.45, 7) is 3.02. The van der Waals surface area contributed by atoms with Crippen molar-refractivity contribution in [3.63, 3.8) is 0 Å². The smallest absolute Gasteiger partial charge is 0.387 e. The predicted molar refractivity (Wildman–Crippen MR) is 212 cm³/mol. The molecule has 1 fully saturated rings. The van der Waals surface area contributed by atoms with Gasteiger partial charge in [-0.15, -0.1) is 0 Å². The molecule has 1 saturated heterocycles. The molecular weight excluding hydrogens is 740 g/mol. The van der Waals surface area contributed by atoms with Crippen LogP contribution in [0.4, 0.5) is 10.2 Å². The maximum Gasteiger partial charge on any atom is 0.472 e. The number of anilines is 1. The van der Waals surface area contributed by atoms with Crippen molar-refractivity contribution in [1.29, 1.82) is 5.26 Å². The number of benzene rings is 1. The van der Waals surface area contributed by atoms with Crippen molar-refractivity contribution >= 4 is 19.2 Å². The molecule has 5 N–H and O–H groups in total. The fourth-order valence-corrected chi connectivity index (χ4v) is 8.28. The van der Waals surface area contributed by atoms with Crippen molar-refractivity contribution in [1.82, 2.24) is 14.6 Å². The Labute approximate surface area is 331 Å². The van der Waals surface area contributed by atoms with Crippen LogP contribution in [-0.2, 0) is 35.3 Å². The Hall–Kier alpha value is -2.99. The topological polar surface area (TPSA) is 195 Å². The van der Waals surface area contributed by atoms with E-state index in [0.29, 0.717) is 24.1 Å². The van der Waals surface area contributed by atoms with E-state index in [4.69, 9.17) is 29.5 Å². The number of aliphatic hydroxyl groups excluding tert-OH is 2. The summed E-state index contributed by atoms with van der Waals surface area (Å²) in [5, 5.41) is 35.2. The van der Waals surface area contributed by atoms with Gasteiger partial charge in [-0.05, 0) is 37.6 Å². The fraction of sp³-hybridized carbons (Fsp3) is 0.683. The summed E-state index contributed by atoms with van der Waals surface area (Å²) in [7, 11) is -4.73. The molecule has 1 aliphatic rings. The average Bonchev–Trinajstić information content (AvgIpc) is 3.72. The van der Waals surface area contributed by atoms with E-state index >= 15 is 0 Å². The van der Waals surface area contributed by atoms with E-state index in [0.717, 1.165) is 25.3 Å². The summed E-state index contributed by atoms with van der Waals surface area (Å²) >= 11 is 0. The van der Waals surface area contributed by atoms with Crippen molar-refractivity contribution in [3.05, 3.63) is 59.3 Å². The molecule has 3 aromatic rings. The molecule has 2 aromatic heterocycles. The first-order valence-electron chi connectivity index (χ1n) is 20.5. The zero-order chi connectivity index (χ0) is 40.4. The SMILES string of the molecule is CCCCCCCCCCCCCCCCCCC[C@H](COCc1ccc(C#N)cc1F)OP(=O)(O)OC[C@H]1O[C@@](C)(c2ccc3c(N)ncnn23)[C@H](O)[C@@H]1O. The number of unbranched alkanes of at least 4 members (excludes halogenated alkanes) is 16. The summed E-state index contributed by atoms with van der Waals surface area (Å²) in [6, 6.07) is 9.29. The molecule has 0 bridgehead atoms. The maximum absolute atomic E-state index is 14.5. The van der Waals surface area contributed by atoms with Gasteiger partial charge in [-0.1, -0.05) is 122 Å². The first-order chi connectivity index (χ1) is 27.0. The number of rotatable bonds is 28. The van der Waals surface area contributed by atoms with Gasteiger partial charge in [0, 0.05) is 5.56 Å². The molecule has 0 amide bonds. The third-order valence-electron chi connectivity index (χ3n) is 10.7. The van der Waals surface area contributed by atoms with Gasteiger partial charge in [-0.2, -0.15) is 10.4 Å². The lowest BCUT2D eigenvalue weighted by Gasteiger charge is -2.27. The number of nitrogens with zero attached hydrogens (tertiary/aromatic N) is 4. The third-order valence-corrected chi connectivity index (χ3v) is 11.8. The molecule has 6 atom stereocenters. The van der Waals surface area contributed by atoms with Gasteiger partial charge in [0.2, 0.25) is 0 Å². The van der Waals surface area contributed by atoms with Gasteiger partial charge in [0.15, 0.2) is 5.82 Å². The van der Waals surface area contributed by atoms with Gasteiger partial charge in [0.25, 0.3) is 0 Å². The number of phosphoric acid groups is 1. The van der Waals surface area contributed by atoms with Crippen LogP contribution in [0.3, 0.4) is 0 Å². The Morgan fingerprint density at radius 2 is 1.59 bits per heavy atom. The molecule has 0 aliphatic carbocycles. The molecule has 0 radical (unpaired) electrons. The highest BCUT2D eigenvalue weighted by Gasteiger charge is 2.54. The number of fused-ring (bicyclic) bond motifs is 1. The van der Waals surface area contributed by atoms with E-state index < -0.39 is 50.3 Å². The number of nitriles is 1. The van der Waals surface area contributed by atoms with E-state index in [1.54, 1.807) is 19.1 Å². The molecule has 0 spiro atoms. The Morgan fingerprint density at radius 1 is 0.982 bits per heavy atom. The van der Waals surface area contributed by atoms with Crippen LogP contribution in [0.15, 0.2) is 36.7 Å². The second kappa shape index (κ2) is 23.4. The minimum absolute atomic E-state index is 0.113. The zero-order valence-corrected chi connectivity index (χ0v) is 34.1. The van der Waals surface area contributed by atoms with Gasteiger partial charge in [-0.25, -0.2) is 18.5 Å². The number of nitrogens with two attached hydrogens (primary N) is 1. The van der Waals surface area contributed by atoms with Crippen molar-refractivity contribution in [2.45, 2.75) is 166 Å². The van der Waals surface area contributed by atoms with Crippen molar-refractivity contribution in [3.8, 4) is 6.07 Å². The lowest BCUT2D eigenvalue weighted by Crippen LogP contribution is -2.39. The van der Waals surface area contributed by atoms with E-state index in [2.05, 4.69) is 17.0 Å². The van der Waals surface area contributed by atoms with Crippen molar-refractivity contribution in [2.75, 3.05) is 18.9 Å². The Balaban J connectivity index is 1.21. The molecule has 56 heavy (non-hydrogen) atoms. The quantitative estimate of drug-likeness (QED) is 0.0405. The highest BCUT2D eigenvalue weighted by atomic mass is 31.2. The Morgan fingerprint density at radius 3 is 2.18 bits per heavy atom. The van der Waals surface area contributed by atoms with Gasteiger partial charge in [-0.3, -0.25) is 9.05 Å². The van der Waals surface area contributed by atoms with Crippen LogP contribution in [0.5, 0.6) is 0 Å². The lowest BCUT2D eigenvalue weighted by atomic mass is 9.93. The largest absolute Gasteiger partial charge is 0.472 e. The van der Waals surface area contributed by atoms with Crippen LogP contribution in [-0.4, -0.2) is 67.3 Å². The molecule has 13 nitrogen and oxygen atoms in total. The number of hydrogen-bond acceptors (Lipinski definition) is 11. The van der Waals surface area contributed by atoms with Gasteiger partial charge >= 0.3 is 7.82 Å². The minimum atomic E-state index is -4.73. The lowest BCUT2D eigenvalue weighted by molar-refractivity contribution is -0.0898. The average molecular weight is 804 g/mol. The summed E-state index contributed by atoms with van der Waals surface area (Å²) < 4.78 is 51.9. The van der Waals surface area contributed by atoms with Crippen molar-refractivity contribution in [2.24, 2.45) is 0 Å². The summed E-state index contributed by atoms with van der Waals surface area (Å²) in [5.41, 5.74) is 5.79. The summed E-state index contributed by atoms with van der Waals surface area (Å²) in [6.07, 6.45) is 17.6. The third kappa shape index (κ3) is 13.8. The minimum Gasteiger partial charge on any atom is -0.387 e. The molecule has 3 heterocycles. The Kier molecular flexibility index (Phi) is 19.1. The second-order valence-corrected chi connectivity index (χ2v) is 16.6. The maximum atomic E-state index is 14.5. The van der Waals surface area contributed by atoms with Crippen LogP contribution >= 0.6 is 7.82 Å². The van der Waals surface area contributed by atoms with E-state index in [9.17, 15) is 24.1 Å². The van der Waals surface area contributed by atoms with Crippen molar-refractivity contribution < 1.29 is 42.6 Å². The molecule has 1 unspecified atom stereocenters. The van der Waals surface area contributed by atoms with E-state index in [1.165, 1.54) is 106 Å². The molecule has 1 aliphatic heterocycles. The molecule has 312 valence electrons. The van der Waals surface area contributed by atoms with Crippen LogP contribution in [0.25, 0.3) is 5.52 Å². The van der Waals surface area contributed by atoms with Crippen LogP contribution < -0.4 is 5.73 Å². The molecule has 0 saturated carbocycles. The number of hydrogen-bond donors (Lipinski definition) is 4. The first-order valence-corrected chi connectivity index (χ1v) is 22.0. The summed E-state index contributed by atoms with van der Waals surface area (Å²) in [5.74, 6) is -0.365. The fourth-order valence-electron chi connectivity index (χ4n) is 7.34. The normalized spacial score (nSPS) is 21.3. The predicted octanol–water partition coefficient (Wildman–Crippen LogP) is 8.42. The monoisotopic (exact) mass is 803 g/mol. The standard InChI is InChI=1S/C41H63FN5O8P/c1-3-4-5-6-7-8-9-10-11-12-13-14-15-16-17-18-19-20-33(28-52-27-32-22-21-31(26-43)25-34(32)42)55-56(50,51)53-29-36-38(48)39(49)41(2,54-36)37-24-23-35-40(44)45-30-46-47(35)37/h21-25,30,33,36,38-39,48-49H,3-20,27-29H2,1-2H3,(H,50,51)(H2,44,45,46)/t33-,36-,38-,39-,41+/m1/s1. The zero-order valence-electron chi connectivity index (χ0n) is 33.2. The first kappa shape index (κ1) is 45.7. The molecule has 15 heteroatoms. The molecule has 1 aromatic carbocycles. The highest BCUT2D eigenvalue weighted by Crippen LogP contribution is 2.47.